The van der Waals surface area contributed by atoms with E-state index in [1.165, 1.54) is 0 Å². The van der Waals surface area contributed by atoms with E-state index in [0.29, 0.717) is 5.75 Å². The van der Waals surface area contributed by atoms with E-state index in [1.807, 2.05) is 0 Å². The van der Waals surface area contributed by atoms with E-state index in [0.717, 1.165) is 0 Å². The standard InChI is InChI=1S/C2H5BOS/c1-2-5(3)4/h2H2,1H3. The molecule has 3 heteroatoms. The predicted octanol–water partition coefficient (Wildman–Crippen LogP) is -0.162. The molecule has 0 amide bonds. The summed E-state index contributed by atoms with van der Waals surface area (Å²) < 4.78 is 9.70. The third-order valence-corrected chi connectivity index (χ3v) is 0.854. The van der Waals surface area contributed by atoms with Gasteiger partial charge in [0, 0.05) is 0 Å². The summed E-state index contributed by atoms with van der Waals surface area (Å²) >= 11 is 0. The minimum absolute atomic E-state index is 0.556. The van der Waals surface area contributed by atoms with E-state index < -0.39 is 10.0 Å². The Bertz CT molecular complexity index is 111. The molecule has 0 aromatic carbocycles. The Balaban J connectivity index is 3.39. The van der Waals surface area contributed by atoms with Crippen molar-refractivity contribution >= 4 is 16.6 Å². The second-order valence-corrected chi connectivity index (χ2v) is 2.01. The molecule has 0 spiro atoms. The van der Waals surface area contributed by atoms with Gasteiger partial charge >= 0.3 is 33.5 Å². The Kier molecular flexibility index (Phi) is 2.37. The molecule has 0 unspecified atom stereocenters. The molecule has 1 nitrogen and oxygen atoms in total. The zero-order chi connectivity index (χ0) is 4.28. The Labute approximate surface area is 34.3 Å². The van der Waals surface area contributed by atoms with Gasteiger partial charge in [0.2, 0.25) is 0 Å². The molecule has 5 heavy (non-hydrogen) atoms. The van der Waals surface area contributed by atoms with Crippen molar-refractivity contribution in [3.8, 4) is 0 Å². The van der Waals surface area contributed by atoms with Gasteiger partial charge in [-0.1, -0.05) is 0 Å². The maximum atomic E-state index is 9.70. The molecule has 0 heterocycles. The maximum absolute atomic E-state index is 9.70. The van der Waals surface area contributed by atoms with Crippen LogP contribution in [0.15, 0.2) is 0 Å². The number of rotatable bonds is 0. The quantitative estimate of drug-likeness (QED) is 0.376. The summed E-state index contributed by atoms with van der Waals surface area (Å²) in [7, 11) is -1.07. The molecule has 0 aliphatic rings. The van der Waals surface area contributed by atoms with Crippen LogP contribution in [0.3, 0.4) is 0 Å². The van der Waals surface area contributed by atoms with Gasteiger partial charge < -0.3 is 0 Å². The molecule has 0 atom stereocenters. The fourth-order valence-corrected chi connectivity index (χ4v) is 0. The first-order valence-electron chi connectivity index (χ1n) is 1.40. The first-order chi connectivity index (χ1) is 2.27. The zero-order valence-corrected chi connectivity index (χ0v) is 3.92. The van der Waals surface area contributed by atoms with E-state index in [-0.39, 0.29) is 0 Å². The monoisotopic (exact) mass is 88.0 g/mol. The van der Waals surface area contributed by atoms with Crippen LogP contribution < -0.4 is 0 Å². The van der Waals surface area contributed by atoms with Crippen molar-refractivity contribution in [2.45, 2.75) is 6.92 Å². The molecular formula is C2H5BOS. The Hall–Kier alpha value is 0.0849. The molecular weight excluding hydrogens is 82.9 g/mol. The second kappa shape index (κ2) is 2.33. The van der Waals surface area contributed by atoms with Crippen molar-refractivity contribution < 1.29 is 4.21 Å². The van der Waals surface area contributed by atoms with Crippen molar-refractivity contribution in [2.24, 2.45) is 0 Å². The van der Waals surface area contributed by atoms with Crippen LogP contribution in [-0.4, -0.2) is 16.5 Å². The topological polar surface area (TPSA) is 17.1 Å². The molecule has 28 valence electrons. The molecule has 0 aliphatic carbocycles. The van der Waals surface area contributed by atoms with Gasteiger partial charge in [-0.15, -0.1) is 0 Å². The van der Waals surface area contributed by atoms with Gasteiger partial charge in [-0.2, -0.15) is 0 Å². The van der Waals surface area contributed by atoms with Gasteiger partial charge in [0.25, 0.3) is 0 Å². The van der Waals surface area contributed by atoms with E-state index in [1.54, 1.807) is 6.92 Å². The Morgan fingerprint density at radius 3 is 2.20 bits per heavy atom. The molecule has 0 bridgehead atoms. The Morgan fingerprint density at radius 2 is 2.20 bits per heavy atom. The number of hydrogen-bond donors (Lipinski definition) is 0. The van der Waals surface area contributed by atoms with Gasteiger partial charge in [-0.25, -0.2) is 0 Å². The van der Waals surface area contributed by atoms with Crippen LogP contribution in [0.5, 0.6) is 0 Å². The minimum atomic E-state index is -1.07. The van der Waals surface area contributed by atoms with Crippen molar-refractivity contribution in [2.75, 3.05) is 5.75 Å². The van der Waals surface area contributed by atoms with Gasteiger partial charge in [0.15, 0.2) is 0 Å². The fourth-order valence-electron chi connectivity index (χ4n) is 0. The van der Waals surface area contributed by atoms with Crippen LogP contribution in [0.4, 0.5) is 0 Å². The third kappa shape index (κ3) is 4.08. The SMILES string of the molecule is B#S(=O)CC. The molecule has 0 radical (unpaired) electrons. The molecule has 0 N–H and O–H groups in total. The van der Waals surface area contributed by atoms with Crippen LogP contribution in [0.2, 0.25) is 0 Å². The molecule has 0 fully saturated rings. The van der Waals surface area contributed by atoms with E-state index in [2.05, 4.69) is 0 Å². The summed E-state index contributed by atoms with van der Waals surface area (Å²) in [5.74, 6) is 0.556. The van der Waals surface area contributed by atoms with E-state index in [9.17, 15) is 4.21 Å². The molecule has 0 saturated carbocycles. The Morgan fingerprint density at radius 1 is 2.00 bits per heavy atom. The second-order valence-electron chi connectivity index (χ2n) is 0.669. The summed E-state index contributed by atoms with van der Waals surface area (Å²) in [4.78, 5) is 0. The summed E-state index contributed by atoms with van der Waals surface area (Å²) in [5, 5.41) is 0. The average molecular weight is 87.9 g/mol. The van der Waals surface area contributed by atoms with Crippen LogP contribution in [0, 0.1) is 0 Å². The first-order valence-corrected chi connectivity index (χ1v) is 2.78. The third-order valence-electron chi connectivity index (χ3n) is 0.285. The molecule has 0 rings (SSSR count). The average Bonchev–Trinajstić information content (AvgIpc) is 1.38. The molecule has 0 saturated heterocycles. The zero-order valence-electron chi connectivity index (χ0n) is 3.10. The van der Waals surface area contributed by atoms with Crippen molar-refractivity contribution in [1.82, 2.24) is 0 Å². The number of hydrogen-bond acceptors (Lipinski definition) is 1. The van der Waals surface area contributed by atoms with Crippen molar-refractivity contribution in [3.05, 3.63) is 0 Å². The van der Waals surface area contributed by atoms with Gasteiger partial charge in [-0.3, -0.25) is 0 Å². The van der Waals surface area contributed by atoms with Crippen LogP contribution >= 0.6 is 0 Å². The molecule has 0 aliphatic heterocycles. The summed E-state index contributed by atoms with van der Waals surface area (Å²) in [6.07, 6.45) is 0. The van der Waals surface area contributed by atoms with E-state index >= 15 is 0 Å². The fraction of sp³-hybridized carbons (Fsp3) is 1.00. The molecule has 0 aromatic rings. The van der Waals surface area contributed by atoms with Gasteiger partial charge in [-0.05, 0) is 0 Å². The first kappa shape index (κ1) is 5.08. The molecule has 0 aromatic heterocycles. The normalized spacial score (nSPS) is 7.80. The van der Waals surface area contributed by atoms with Crippen LogP contribution in [-0.2, 0) is 10.0 Å². The van der Waals surface area contributed by atoms with E-state index in [4.69, 9.17) is 6.53 Å². The van der Waals surface area contributed by atoms with Crippen LogP contribution in [0.1, 0.15) is 6.92 Å². The summed E-state index contributed by atoms with van der Waals surface area (Å²) in [6.45, 7) is 6.54. The van der Waals surface area contributed by atoms with Crippen molar-refractivity contribution in [3.63, 3.8) is 0 Å². The van der Waals surface area contributed by atoms with Crippen molar-refractivity contribution in [1.29, 1.82) is 0 Å². The predicted molar refractivity (Wildman–Crippen MR) is 24.4 cm³/mol. The summed E-state index contributed by atoms with van der Waals surface area (Å²) in [6, 6.07) is 0. The van der Waals surface area contributed by atoms with Gasteiger partial charge in [0.05, 0.1) is 0 Å². The van der Waals surface area contributed by atoms with Crippen LogP contribution in [0.25, 0.3) is 0 Å². The van der Waals surface area contributed by atoms with Gasteiger partial charge in [0.1, 0.15) is 0 Å². The summed E-state index contributed by atoms with van der Waals surface area (Å²) in [5.41, 5.74) is 0.